The van der Waals surface area contributed by atoms with Crippen LogP contribution in [0.4, 0.5) is 0 Å². The monoisotopic (exact) mass is 726 g/mol. The van der Waals surface area contributed by atoms with Crippen molar-refractivity contribution in [3.05, 3.63) is 99.1 Å². The fourth-order valence-electron chi connectivity index (χ4n) is 7.26. The maximum absolute atomic E-state index is 2.67. The van der Waals surface area contributed by atoms with E-state index in [4.69, 9.17) is 0 Å². The van der Waals surface area contributed by atoms with Crippen molar-refractivity contribution in [3.63, 3.8) is 0 Å². The van der Waals surface area contributed by atoms with Crippen LogP contribution in [0, 0.1) is 0 Å². The first-order valence-corrected chi connectivity index (χ1v) is 26.1. The van der Waals surface area contributed by atoms with Gasteiger partial charge >= 0.3 is 10.1 Å². The van der Waals surface area contributed by atoms with Crippen molar-refractivity contribution >= 4 is 37.8 Å². The number of hydrogen-bond donors (Lipinski definition) is 0. The molecular weight excluding hydrogens is 655 g/mol. The van der Waals surface area contributed by atoms with Gasteiger partial charge in [-0.25, -0.2) is 0 Å². The van der Waals surface area contributed by atoms with Crippen molar-refractivity contribution in [3.8, 4) is 0 Å². The molecule has 272 valence electrons. The fraction of sp³-hybridized carbons (Fsp3) is 0.574. The standard InChI is InChI=1S/C47H72P2Si/c1-42(2,3)31-27-34(44(7,8)9)38(35(28-31)45(10,11)12)40-48(33-25-23-22-24-26-33)41(49(40)50(19,20)21)39-36(46(13,14)15)29-32(43(4,5)6)30-37(39)47(16,17)18/h22-30H,1-21H3/q+2. The molecule has 0 saturated heterocycles. The second-order valence-corrected chi connectivity index (χ2v) is 36.3. The summed E-state index contributed by atoms with van der Waals surface area (Å²) in [4.78, 5) is 0. The van der Waals surface area contributed by atoms with Gasteiger partial charge in [-0.1, -0.05) is 167 Å². The van der Waals surface area contributed by atoms with Crippen LogP contribution in [-0.4, -0.2) is 17.8 Å². The van der Waals surface area contributed by atoms with Gasteiger partial charge in [0, 0.05) is 0 Å². The molecule has 0 amide bonds. The summed E-state index contributed by atoms with van der Waals surface area (Å²) in [6, 6.07) is 22.2. The lowest BCUT2D eigenvalue weighted by Crippen LogP contribution is -2.36. The van der Waals surface area contributed by atoms with Crippen LogP contribution in [0.1, 0.15) is 169 Å². The molecule has 4 rings (SSSR count). The molecule has 3 heteroatoms. The molecule has 0 radical (unpaired) electrons. The van der Waals surface area contributed by atoms with Gasteiger partial charge < -0.3 is 0 Å². The highest BCUT2D eigenvalue weighted by Gasteiger charge is 2.63. The van der Waals surface area contributed by atoms with E-state index in [9.17, 15) is 0 Å². The van der Waals surface area contributed by atoms with Crippen molar-refractivity contribution in [2.24, 2.45) is 0 Å². The van der Waals surface area contributed by atoms with Crippen LogP contribution < -0.4 is 5.30 Å². The lowest BCUT2D eigenvalue weighted by molar-refractivity contribution is 0.546. The summed E-state index contributed by atoms with van der Waals surface area (Å²) in [7, 11) is -2.98. The molecular formula is C47H72P2Si+2. The van der Waals surface area contributed by atoms with E-state index in [0.717, 1.165) is 0 Å². The normalized spacial score (nSPS) is 17.0. The second-order valence-electron chi connectivity index (χ2n) is 22.2. The highest BCUT2D eigenvalue weighted by atomic mass is 31.4. The first-order valence-electron chi connectivity index (χ1n) is 19.1. The minimum absolute atomic E-state index is 0.0129. The Bertz CT molecular complexity index is 1760. The summed E-state index contributed by atoms with van der Waals surface area (Å²) >= 11 is 0. The van der Waals surface area contributed by atoms with Crippen LogP contribution in [0.15, 0.2) is 54.6 Å². The molecule has 1 aliphatic rings. The Hall–Kier alpha value is -1.78. The van der Waals surface area contributed by atoms with E-state index >= 15 is 0 Å². The second kappa shape index (κ2) is 13.0. The van der Waals surface area contributed by atoms with Crippen LogP contribution in [0.2, 0.25) is 19.6 Å². The topological polar surface area (TPSA) is 0 Å². The fourth-order valence-corrected chi connectivity index (χ4v) is 26.2. The van der Waals surface area contributed by atoms with E-state index in [1.54, 1.807) is 33.4 Å². The summed E-state index contributed by atoms with van der Waals surface area (Å²) in [5, 5.41) is 5.14. The molecule has 0 aliphatic carbocycles. The SMILES string of the molecule is CC(C)(C)c1cc(C(C)(C)C)c(C2=[P+](c3ccccc3)C(c3c(C(C)(C)C)cc(C(C)(C)C)cc3C(C)(C)C)=[P+]2[Si](C)(C)C)c(C(C)(C)C)c1. The molecule has 1 heterocycles. The van der Waals surface area contributed by atoms with Gasteiger partial charge in [-0.3, -0.25) is 0 Å². The van der Waals surface area contributed by atoms with E-state index in [1.165, 1.54) is 16.4 Å². The Morgan fingerprint density at radius 3 is 0.960 bits per heavy atom. The van der Waals surface area contributed by atoms with Crippen LogP contribution in [0.25, 0.3) is 0 Å². The van der Waals surface area contributed by atoms with Gasteiger partial charge in [0.25, 0.3) is 15.3 Å². The zero-order valence-electron chi connectivity index (χ0n) is 36.1. The van der Waals surface area contributed by atoms with Crippen LogP contribution >= 0.6 is 14.6 Å². The van der Waals surface area contributed by atoms with Crippen molar-refractivity contribution in [1.82, 2.24) is 0 Å². The Labute approximate surface area is 312 Å². The van der Waals surface area contributed by atoms with E-state index in [2.05, 4.69) is 199 Å². The third-order valence-electron chi connectivity index (χ3n) is 10.2. The first kappa shape index (κ1) is 41.0. The largest absolute Gasteiger partial charge is 0.319 e. The maximum atomic E-state index is 2.67. The predicted octanol–water partition coefficient (Wildman–Crippen LogP) is 14.3. The minimum Gasteiger partial charge on any atom is -0.0619 e. The van der Waals surface area contributed by atoms with Gasteiger partial charge in [-0.05, 0) is 97.6 Å². The lowest BCUT2D eigenvalue weighted by Gasteiger charge is -2.35. The zero-order chi connectivity index (χ0) is 38.4. The van der Waals surface area contributed by atoms with E-state index in [-0.39, 0.29) is 32.5 Å². The Morgan fingerprint density at radius 2 is 0.700 bits per heavy atom. The molecule has 0 saturated carbocycles. The predicted molar refractivity (Wildman–Crippen MR) is 237 cm³/mol. The van der Waals surface area contributed by atoms with Crippen LogP contribution in [0.5, 0.6) is 0 Å². The maximum Gasteiger partial charge on any atom is 0.319 e. The first-order chi connectivity index (χ1) is 22.3. The molecule has 3 aromatic rings. The van der Waals surface area contributed by atoms with Gasteiger partial charge in [0.05, 0.1) is 11.1 Å². The van der Waals surface area contributed by atoms with Crippen LogP contribution in [-0.2, 0) is 32.5 Å². The van der Waals surface area contributed by atoms with Crippen molar-refractivity contribution in [1.29, 1.82) is 0 Å². The molecule has 2 atom stereocenters. The third kappa shape index (κ3) is 8.07. The summed E-state index contributed by atoms with van der Waals surface area (Å²) in [5.74, 6) is 0. The van der Waals surface area contributed by atoms with Gasteiger partial charge in [-0.2, -0.15) is 0 Å². The molecule has 0 aromatic heterocycles. The molecule has 0 spiro atoms. The molecule has 0 fully saturated rings. The van der Waals surface area contributed by atoms with Crippen molar-refractivity contribution in [2.45, 2.75) is 177 Å². The molecule has 1 aliphatic heterocycles. The zero-order valence-corrected chi connectivity index (χ0v) is 38.9. The van der Waals surface area contributed by atoms with E-state index in [0.29, 0.717) is 0 Å². The summed E-state index contributed by atoms with van der Waals surface area (Å²) in [6.07, 6.45) is 0. The highest BCUT2D eigenvalue weighted by molar-refractivity contribution is 8.28. The Morgan fingerprint density at radius 1 is 0.400 bits per heavy atom. The quantitative estimate of drug-likeness (QED) is 0.185. The van der Waals surface area contributed by atoms with Gasteiger partial charge in [0.1, 0.15) is 0 Å². The smallest absolute Gasteiger partial charge is 0.0619 e. The molecule has 0 nitrogen and oxygen atoms in total. The average molecular weight is 727 g/mol. The minimum atomic E-state index is -1.76. The lowest BCUT2D eigenvalue weighted by atomic mass is 9.72. The molecule has 3 aromatic carbocycles. The van der Waals surface area contributed by atoms with Crippen molar-refractivity contribution < 1.29 is 0 Å². The number of benzene rings is 3. The van der Waals surface area contributed by atoms with E-state index < -0.39 is 22.4 Å². The third-order valence-corrected chi connectivity index (χ3v) is 23.9. The molecule has 0 N–H and O–H groups in total. The average Bonchev–Trinajstić information content (AvgIpc) is 2.88. The summed E-state index contributed by atoms with van der Waals surface area (Å²) < 4.78 is 0. The summed E-state index contributed by atoms with van der Waals surface area (Å²) in [6.45, 7) is 51.8. The Kier molecular flexibility index (Phi) is 10.6. The van der Waals surface area contributed by atoms with Gasteiger partial charge in [-0.15, -0.1) is 0 Å². The van der Waals surface area contributed by atoms with Crippen LogP contribution in [0.3, 0.4) is 0 Å². The highest BCUT2D eigenvalue weighted by Crippen LogP contribution is 2.65. The number of rotatable bonds is 4. The summed E-state index contributed by atoms with van der Waals surface area (Å²) in [5.41, 5.74) is 12.6. The van der Waals surface area contributed by atoms with Crippen molar-refractivity contribution in [2.75, 3.05) is 0 Å². The molecule has 0 bridgehead atoms. The Balaban J connectivity index is 2.39. The van der Waals surface area contributed by atoms with Gasteiger partial charge in [0.15, 0.2) is 12.4 Å². The molecule has 2 unspecified atom stereocenters. The van der Waals surface area contributed by atoms with E-state index in [1.807, 2.05) is 10.1 Å². The van der Waals surface area contributed by atoms with Gasteiger partial charge in [0.2, 0.25) is 0 Å². The molecule has 50 heavy (non-hydrogen) atoms. The number of hydrogen-bond acceptors (Lipinski definition) is 0.